The number of aliphatic carboxylic acids is 1. The fraction of sp³-hybridized carbons (Fsp3) is 0.383. The van der Waals surface area contributed by atoms with Gasteiger partial charge in [0.25, 0.3) is 0 Å². The molecule has 5 aromatic rings. The van der Waals surface area contributed by atoms with E-state index in [0.29, 0.717) is 11.1 Å². The summed E-state index contributed by atoms with van der Waals surface area (Å²) in [5.41, 5.74) is 1.01. The molecule has 0 aliphatic carbocycles. The van der Waals surface area contributed by atoms with Crippen LogP contribution in [0.25, 0.3) is 21.5 Å². The number of rotatable bonds is 15. The van der Waals surface area contributed by atoms with E-state index in [0.717, 1.165) is 26.0 Å². The van der Waals surface area contributed by atoms with Gasteiger partial charge in [-0.1, -0.05) is 115 Å². The second kappa shape index (κ2) is 19.1. The van der Waals surface area contributed by atoms with E-state index in [9.17, 15) is 36.3 Å². The number of nitrogens with zero attached hydrogens (tertiary/aromatic N) is 4. The van der Waals surface area contributed by atoms with Gasteiger partial charge in [0.15, 0.2) is 0 Å². The molecule has 0 saturated carbocycles. The predicted molar refractivity (Wildman–Crippen MR) is 260 cm³/mol. The maximum atomic E-state index is 14.5. The van der Waals surface area contributed by atoms with Gasteiger partial charge in [0.05, 0.1) is 21.9 Å². The fourth-order valence-electron chi connectivity index (χ4n) is 7.95. The minimum atomic E-state index is -4.25. The molecule has 65 heavy (non-hydrogen) atoms. The summed E-state index contributed by atoms with van der Waals surface area (Å²) in [4.78, 5) is 43.3. The molecule has 7 rings (SSSR count). The van der Waals surface area contributed by atoms with Crippen molar-refractivity contribution in [2.24, 2.45) is 0 Å². The van der Waals surface area contributed by atoms with Crippen LogP contribution in [0.2, 0.25) is 5.04 Å². The zero-order valence-electron chi connectivity index (χ0n) is 37.4. The van der Waals surface area contributed by atoms with Crippen LogP contribution in [-0.2, 0) is 44.5 Å². The zero-order valence-corrected chi connectivity index (χ0v) is 41.6. The lowest BCUT2D eigenvalue weighted by atomic mass is 9.98. The van der Waals surface area contributed by atoms with Crippen LogP contribution in [0.15, 0.2) is 119 Å². The largest absolute Gasteiger partial charge is 0.480 e. The average Bonchev–Trinajstić information content (AvgIpc) is 3.93. The summed E-state index contributed by atoms with van der Waals surface area (Å²) in [6.07, 6.45) is 0.152. The summed E-state index contributed by atoms with van der Waals surface area (Å²) in [5, 5.41) is 12.5. The third kappa shape index (κ3) is 10.8. The molecule has 2 aliphatic heterocycles. The number of hydrogen-bond acceptors (Lipinski definition) is 10. The van der Waals surface area contributed by atoms with Gasteiger partial charge in [0.1, 0.15) is 12.1 Å². The Morgan fingerprint density at radius 2 is 1.15 bits per heavy atom. The molecular formula is C47H54N4O9S4Si. The van der Waals surface area contributed by atoms with Crippen LogP contribution in [0.1, 0.15) is 53.0 Å². The van der Waals surface area contributed by atoms with Crippen LogP contribution in [0.4, 0.5) is 5.69 Å². The van der Waals surface area contributed by atoms with Crippen molar-refractivity contribution < 1.29 is 40.8 Å². The van der Waals surface area contributed by atoms with Gasteiger partial charge in [-0.15, -0.1) is 0 Å². The molecule has 2 amide bonds. The molecule has 2 radical (unpaired) electrons. The first-order valence-electron chi connectivity index (χ1n) is 21.2. The molecule has 0 spiro atoms. The van der Waals surface area contributed by atoms with Crippen LogP contribution in [0.5, 0.6) is 0 Å². The molecule has 2 saturated heterocycles. The fourth-order valence-corrected chi connectivity index (χ4v) is 15.2. The van der Waals surface area contributed by atoms with Crippen LogP contribution in [0, 0.1) is 0 Å². The summed E-state index contributed by atoms with van der Waals surface area (Å²) < 4.78 is 65.4. The summed E-state index contributed by atoms with van der Waals surface area (Å²) in [6, 6.07) is 29.3. The van der Waals surface area contributed by atoms with Gasteiger partial charge in [-0.05, 0) is 95.2 Å². The smallest absolute Gasteiger partial charge is 0.322 e. The van der Waals surface area contributed by atoms with Crippen molar-refractivity contribution in [1.82, 2.24) is 13.5 Å². The Bertz CT molecular complexity index is 2820. The highest BCUT2D eigenvalue weighted by Gasteiger charge is 2.48. The van der Waals surface area contributed by atoms with E-state index in [-0.39, 0.29) is 63.0 Å². The number of carbonyl (C=O) groups is 3. The second-order valence-corrected chi connectivity index (χ2v) is 26.7. The van der Waals surface area contributed by atoms with Crippen molar-refractivity contribution >= 4 is 96.4 Å². The van der Waals surface area contributed by atoms with Crippen LogP contribution < -0.4 is 4.90 Å². The number of anilines is 1. The van der Waals surface area contributed by atoms with Crippen molar-refractivity contribution in [3.63, 3.8) is 0 Å². The molecule has 344 valence electrons. The van der Waals surface area contributed by atoms with Crippen molar-refractivity contribution in [2.75, 3.05) is 38.6 Å². The standard InChI is InChI=1S/C47H54N4O9S4Si/c1-46(2,3)65-60-47(4,5)35-18-20-36(21-19-35)49(7)43(52)30-48(6)44(53)41-26-37(28-50(41)63(56,57)39-22-16-31-12-8-10-14-33(31)24-39)61-62-38-27-42(45(54)55)51(29-38)64(58,59)40-23-17-32-13-9-11-15-34(32)25-40/h8-25,37-38,41-42H,26-30H2,1-7H3,(H,54,55)/t37-,38-,41+,42+/m1/s1. The van der Waals surface area contributed by atoms with E-state index >= 15 is 0 Å². The number of carboxylic acids is 1. The molecular weight excluding hydrogens is 921 g/mol. The van der Waals surface area contributed by atoms with E-state index < -0.39 is 60.1 Å². The Labute approximate surface area is 392 Å². The first kappa shape index (κ1) is 48.7. The Morgan fingerprint density at radius 1 is 0.692 bits per heavy atom. The van der Waals surface area contributed by atoms with Gasteiger partial charge in [-0.2, -0.15) is 8.61 Å². The number of amides is 2. The highest BCUT2D eigenvalue weighted by atomic mass is 33.1. The highest BCUT2D eigenvalue weighted by Crippen LogP contribution is 2.44. The third-order valence-electron chi connectivity index (χ3n) is 11.7. The van der Waals surface area contributed by atoms with Crippen LogP contribution in [-0.4, -0.2) is 119 Å². The van der Waals surface area contributed by atoms with Crippen molar-refractivity contribution in [3.05, 3.63) is 115 Å². The monoisotopic (exact) mass is 974 g/mol. The molecule has 2 fully saturated rings. The summed E-state index contributed by atoms with van der Waals surface area (Å²) in [5.74, 6) is -2.18. The Kier molecular flexibility index (Phi) is 14.3. The summed E-state index contributed by atoms with van der Waals surface area (Å²) in [6.45, 7) is 9.94. The number of carbonyl (C=O) groups excluding carboxylic acids is 2. The number of benzene rings is 5. The topological polar surface area (TPSA) is 162 Å². The van der Waals surface area contributed by atoms with E-state index in [1.54, 1.807) is 43.4 Å². The van der Waals surface area contributed by atoms with Crippen LogP contribution >= 0.6 is 21.6 Å². The molecule has 5 aromatic carbocycles. The maximum Gasteiger partial charge on any atom is 0.322 e. The average molecular weight is 975 g/mol. The lowest BCUT2D eigenvalue weighted by Crippen LogP contribution is -2.49. The Balaban J connectivity index is 1.07. The Hall–Kier alpha value is -4.27. The highest BCUT2D eigenvalue weighted by molar-refractivity contribution is 8.77. The van der Waals surface area contributed by atoms with E-state index in [2.05, 4.69) is 20.8 Å². The first-order chi connectivity index (χ1) is 30.5. The maximum absolute atomic E-state index is 14.5. The molecule has 4 atom stereocenters. The van der Waals surface area contributed by atoms with Gasteiger partial charge in [-0.25, -0.2) is 16.8 Å². The molecule has 0 aromatic heterocycles. The second-order valence-electron chi connectivity index (χ2n) is 18.1. The minimum Gasteiger partial charge on any atom is -0.480 e. The molecule has 2 aliphatic rings. The molecule has 1 N–H and O–H groups in total. The van der Waals surface area contributed by atoms with Gasteiger partial charge in [0, 0.05) is 43.4 Å². The summed E-state index contributed by atoms with van der Waals surface area (Å²) >= 11 is 0. The molecule has 2 heterocycles. The number of carboxylic acid groups (broad SMARTS) is 1. The number of likely N-dealkylation sites (N-methyl/N-ethyl adjacent to an activating group) is 2. The van der Waals surface area contributed by atoms with E-state index in [4.69, 9.17) is 4.43 Å². The molecule has 18 heteroatoms. The molecule has 13 nitrogen and oxygen atoms in total. The van der Waals surface area contributed by atoms with Gasteiger partial charge < -0.3 is 19.3 Å². The molecule has 0 unspecified atom stereocenters. The lowest BCUT2D eigenvalue weighted by Gasteiger charge is -2.30. The number of sulfonamides is 2. The normalized spacial score (nSPS) is 20.0. The SMILES string of the molecule is CN(CC(=O)N(C)c1ccc(C(C)(C)O[Si]C(C)(C)C)cc1)C(=O)[C@@H]1C[C@@H](SS[C@@H]2C[C@@H](C(=O)O)N(S(=O)(=O)c3ccc4ccccc4c3)C2)CN1S(=O)(=O)c1ccc2ccccc2c1. The Morgan fingerprint density at radius 3 is 1.63 bits per heavy atom. The lowest BCUT2D eigenvalue weighted by molar-refractivity contribution is -0.140. The number of hydrogen-bond donors (Lipinski definition) is 1. The van der Waals surface area contributed by atoms with Gasteiger partial charge in [-0.3, -0.25) is 14.4 Å². The molecule has 0 bridgehead atoms. The van der Waals surface area contributed by atoms with Gasteiger partial charge >= 0.3 is 5.97 Å². The van der Waals surface area contributed by atoms with Crippen molar-refractivity contribution in [3.8, 4) is 0 Å². The van der Waals surface area contributed by atoms with Gasteiger partial charge in [0.2, 0.25) is 41.6 Å². The summed E-state index contributed by atoms with van der Waals surface area (Å²) in [7, 11) is -2.42. The van der Waals surface area contributed by atoms with Crippen molar-refractivity contribution in [2.45, 2.75) is 90.5 Å². The minimum absolute atomic E-state index is 0.000554. The van der Waals surface area contributed by atoms with E-state index in [1.807, 2.05) is 74.5 Å². The first-order valence-corrected chi connectivity index (χ1v) is 27.2. The van der Waals surface area contributed by atoms with Crippen LogP contribution in [0.3, 0.4) is 0 Å². The zero-order chi connectivity index (χ0) is 47.1. The quantitative estimate of drug-likeness (QED) is 0.0811. The number of fused-ring (bicyclic) bond motifs is 2. The van der Waals surface area contributed by atoms with E-state index in [1.165, 1.54) is 54.9 Å². The van der Waals surface area contributed by atoms with Crippen molar-refractivity contribution in [1.29, 1.82) is 0 Å². The third-order valence-corrected chi connectivity index (χ3v) is 19.9. The predicted octanol–water partition coefficient (Wildman–Crippen LogP) is 7.63.